The third kappa shape index (κ3) is 3.58. The number of rotatable bonds is 5. The molecule has 0 saturated carbocycles. The average Bonchev–Trinajstić information content (AvgIpc) is 2.44. The van der Waals surface area contributed by atoms with Crippen molar-refractivity contribution in [2.75, 3.05) is 7.05 Å². The van der Waals surface area contributed by atoms with Gasteiger partial charge in [0.05, 0.1) is 0 Å². The van der Waals surface area contributed by atoms with Crippen LogP contribution < -0.4 is 5.32 Å². The molecule has 19 heavy (non-hydrogen) atoms. The van der Waals surface area contributed by atoms with Crippen molar-refractivity contribution in [2.45, 2.75) is 29.2 Å². The van der Waals surface area contributed by atoms with Gasteiger partial charge in [-0.25, -0.2) is 4.39 Å². The lowest BCUT2D eigenvalue weighted by Crippen LogP contribution is -2.15. The Kier molecular flexibility index (Phi) is 5.00. The van der Waals surface area contributed by atoms with E-state index >= 15 is 0 Å². The Morgan fingerprint density at radius 3 is 2.42 bits per heavy atom. The van der Waals surface area contributed by atoms with Gasteiger partial charge >= 0.3 is 0 Å². The van der Waals surface area contributed by atoms with E-state index in [2.05, 4.69) is 30.4 Å². The lowest BCUT2D eigenvalue weighted by molar-refractivity contribution is 0.568. The summed E-state index contributed by atoms with van der Waals surface area (Å²) in [6.45, 7) is 2.17. The smallest absolute Gasteiger partial charge is 0.123 e. The van der Waals surface area contributed by atoms with E-state index in [4.69, 9.17) is 0 Å². The number of nitrogens with one attached hydrogen (secondary N) is 1. The number of hydrogen-bond donors (Lipinski definition) is 1. The predicted molar refractivity (Wildman–Crippen MR) is 79.1 cm³/mol. The maximum atomic E-state index is 12.9. The van der Waals surface area contributed by atoms with Crippen LogP contribution in [0.1, 0.15) is 24.9 Å². The lowest BCUT2D eigenvalue weighted by atomic mass is 10.1. The third-order valence-electron chi connectivity index (χ3n) is 3.09. The van der Waals surface area contributed by atoms with Crippen LogP contribution in [0.25, 0.3) is 0 Å². The second-order valence-electron chi connectivity index (χ2n) is 4.34. The molecule has 2 aromatic carbocycles. The molecule has 0 aliphatic carbocycles. The summed E-state index contributed by atoms with van der Waals surface area (Å²) in [6, 6.07) is 15.3. The molecule has 3 heteroatoms. The van der Waals surface area contributed by atoms with E-state index in [-0.39, 0.29) is 5.82 Å². The van der Waals surface area contributed by atoms with E-state index in [1.165, 1.54) is 22.6 Å². The molecule has 0 aliphatic rings. The molecule has 1 nitrogen and oxygen atoms in total. The van der Waals surface area contributed by atoms with E-state index in [0.717, 1.165) is 11.3 Å². The van der Waals surface area contributed by atoms with Crippen molar-refractivity contribution < 1.29 is 4.39 Å². The summed E-state index contributed by atoms with van der Waals surface area (Å²) in [5, 5.41) is 3.33. The van der Waals surface area contributed by atoms with E-state index < -0.39 is 0 Å². The molecule has 1 N–H and O–H groups in total. The van der Waals surface area contributed by atoms with E-state index in [9.17, 15) is 4.39 Å². The van der Waals surface area contributed by atoms with Crippen LogP contribution in [0.15, 0.2) is 58.3 Å². The monoisotopic (exact) mass is 275 g/mol. The Labute approximate surface area is 118 Å². The zero-order chi connectivity index (χ0) is 13.7. The molecule has 1 atom stereocenters. The Hall–Kier alpha value is -1.32. The molecule has 2 aromatic rings. The highest BCUT2D eigenvalue weighted by atomic mass is 32.2. The van der Waals surface area contributed by atoms with Crippen LogP contribution in [0.3, 0.4) is 0 Å². The molecule has 0 amide bonds. The highest BCUT2D eigenvalue weighted by molar-refractivity contribution is 7.99. The molecule has 100 valence electrons. The fourth-order valence-electron chi connectivity index (χ4n) is 2.07. The first-order valence-corrected chi connectivity index (χ1v) is 7.26. The van der Waals surface area contributed by atoms with Crippen LogP contribution in [0.4, 0.5) is 4.39 Å². The fraction of sp³-hybridized carbons (Fsp3) is 0.250. The molecule has 0 aromatic heterocycles. The van der Waals surface area contributed by atoms with Gasteiger partial charge in [-0.1, -0.05) is 36.9 Å². The minimum absolute atomic E-state index is 0.195. The Morgan fingerprint density at radius 1 is 1.11 bits per heavy atom. The van der Waals surface area contributed by atoms with Gasteiger partial charge in [0, 0.05) is 15.8 Å². The van der Waals surface area contributed by atoms with Crippen LogP contribution in [0, 0.1) is 5.82 Å². The summed E-state index contributed by atoms with van der Waals surface area (Å²) in [5.74, 6) is -0.195. The van der Waals surface area contributed by atoms with Gasteiger partial charge in [-0.15, -0.1) is 0 Å². The molecular weight excluding hydrogens is 257 g/mol. The van der Waals surface area contributed by atoms with Crippen molar-refractivity contribution in [2.24, 2.45) is 0 Å². The molecule has 0 fully saturated rings. The van der Waals surface area contributed by atoms with Gasteiger partial charge < -0.3 is 5.32 Å². The maximum Gasteiger partial charge on any atom is 0.123 e. The summed E-state index contributed by atoms with van der Waals surface area (Å²) in [6.07, 6.45) is 1.04. The van der Waals surface area contributed by atoms with Gasteiger partial charge in [0.15, 0.2) is 0 Å². The quantitative estimate of drug-likeness (QED) is 0.852. The molecule has 0 saturated heterocycles. The van der Waals surface area contributed by atoms with Crippen molar-refractivity contribution in [3.63, 3.8) is 0 Å². The zero-order valence-corrected chi connectivity index (χ0v) is 12.0. The van der Waals surface area contributed by atoms with Gasteiger partial charge in [0.25, 0.3) is 0 Å². The minimum Gasteiger partial charge on any atom is -0.313 e. The molecule has 0 heterocycles. The minimum atomic E-state index is -0.195. The van der Waals surface area contributed by atoms with Crippen molar-refractivity contribution in [1.82, 2.24) is 5.32 Å². The van der Waals surface area contributed by atoms with Gasteiger partial charge in [-0.05, 0) is 49.4 Å². The second-order valence-corrected chi connectivity index (χ2v) is 5.46. The molecule has 0 radical (unpaired) electrons. The predicted octanol–water partition coefficient (Wildman–Crippen LogP) is 4.65. The number of hydrogen-bond acceptors (Lipinski definition) is 2. The summed E-state index contributed by atoms with van der Waals surface area (Å²) >= 11 is 1.68. The van der Waals surface area contributed by atoms with Crippen LogP contribution in [-0.2, 0) is 0 Å². The SMILES string of the molecule is CCC(NC)c1ccccc1Sc1ccc(F)cc1. The molecule has 0 aliphatic heterocycles. The Morgan fingerprint density at radius 2 is 1.79 bits per heavy atom. The average molecular weight is 275 g/mol. The van der Waals surface area contributed by atoms with Gasteiger partial charge in [0.1, 0.15) is 5.82 Å². The van der Waals surface area contributed by atoms with Gasteiger partial charge in [-0.2, -0.15) is 0 Å². The first-order chi connectivity index (χ1) is 9.24. The van der Waals surface area contributed by atoms with Crippen molar-refractivity contribution >= 4 is 11.8 Å². The fourth-order valence-corrected chi connectivity index (χ4v) is 3.07. The topological polar surface area (TPSA) is 12.0 Å². The van der Waals surface area contributed by atoms with Crippen molar-refractivity contribution in [1.29, 1.82) is 0 Å². The maximum absolute atomic E-state index is 12.9. The Balaban J connectivity index is 2.27. The summed E-state index contributed by atoms with van der Waals surface area (Å²) in [5.41, 5.74) is 1.29. The summed E-state index contributed by atoms with van der Waals surface area (Å²) in [7, 11) is 1.98. The van der Waals surface area contributed by atoms with Gasteiger partial charge in [-0.3, -0.25) is 0 Å². The van der Waals surface area contributed by atoms with Crippen LogP contribution in [-0.4, -0.2) is 7.05 Å². The first kappa shape index (κ1) is 14.1. The zero-order valence-electron chi connectivity index (χ0n) is 11.2. The van der Waals surface area contributed by atoms with E-state index in [1.807, 2.05) is 25.2 Å². The summed E-state index contributed by atoms with van der Waals surface area (Å²) in [4.78, 5) is 2.27. The highest BCUT2D eigenvalue weighted by Crippen LogP contribution is 2.34. The van der Waals surface area contributed by atoms with Crippen molar-refractivity contribution in [3.05, 3.63) is 59.9 Å². The van der Waals surface area contributed by atoms with Crippen LogP contribution >= 0.6 is 11.8 Å². The van der Waals surface area contributed by atoms with E-state index in [0.29, 0.717) is 6.04 Å². The molecular formula is C16H18FNS. The molecule has 1 unspecified atom stereocenters. The Bertz CT molecular complexity index is 521. The third-order valence-corrected chi connectivity index (χ3v) is 4.19. The van der Waals surface area contributed by atoms with Crippen molar-refractivity contribution in [3.8, 4) is 0 Å². The van der Waals surface area contributed by atoms with E-state index in [1.54, 1.807) is 11.8 Å². The first-order valence-electron chi connectivity index (χ1n) is 6.44. The molecule has 2 rings (SSSR count). The number of benzene rings is 2. The largest absolute Gasteiger partial charge is 0.313 e. The standard InChI is InChI=1S/C16H18FNS/c1-3-15(18-2)14-6-4-5-7-16(14)19-13-10-8-12(17)9-11-13/h4-11,15,18H,3H2,1-2H3. The number of halogens is 1. The summed E-state index contributed by atoms with van der Waals surface area (Å²) < 4.78 is 12.9. The van der Waals surface area contributed by atoms with Gasteiger partial charge in [0.2, 0.25) is 0 Å². The lowest BCUT2D eigenvalue weighted by Gasteiger charge is -2.18. The molecule has 0 spiro atoms. The normalized spacial score (nSPS) is 12.4. The van der Waals surface area contributed by atoms with Crippen LogP contribution in [0.2, 0.25) is 0 Å². The second kappa shape index (κ2) is 6.73. The molecule has 0 bridgehead atoms. The van der Waals surface area contributed by atoms with Crippen LogP contribution in [0.5, 0.6) is 0 Å². The highest BCUT2D eigenvalue weighted by Gasteiger charge is 2.11.